The van der Waals surface area contributed by atoms with E-state index in [1.54, 1.807) is 23.5 Å². The second kappa shape index (κ2) is 7.60. The molecule has 8 heteroatoms. The fourth-order valence-electron chi connectivity index (χ4n) is 3.29. The van der Waals surface area contributed by atoms with E-state index >= 15 is 0 Å². The number of carbonyl (C=O) groups excluding carboxylic acids is 1. The van der Waals surface area contributed by atoms with Gasteiger partial charge in [0.05, 0.1) is 17.4 Å². The number of halogens is 2. The van der Waals surface area contributed by atoms with E-state index < -0.39 is 11.9 Å². The average molecular weight is 396 g/mol. The number of benzene rings is 1. The minimum Gasteiger partial charge on any atom is -0.506 e. The first kappa shape index (κ1) is 18.6. The molecule has 1 amide bonds. The maximum absolute atomic E-state index is 12.6. The molecule has 1 aromatic carbocycles. The van der Waals surface area contributed by atoms with Gasteiger partial charge in [-0.15, -0.1) is 0 Å². The fourth-order valence-corrected chi connectivity index (χ4v) is 3.80. The van der Waals surface area contributed by atoms with Crippen LogP contribution in [0.25, 0.3) is 0 Å². The molecule has 0 radical (unpaired) electrons. The number of aliphatic hydroxyl groups excluding tert-OH is 1. The first-order chi connectivity index (χ1) is 12.4. The van der Waals surface area contributed by atoms with Gasteiger partial charge in [0, 0.05) is 41.6 Å². The Labute approximate surface area is 161 Å². The fraction of sp³-hybridized carbons (Fsp3) is 0.333. The topological polar surface area (TPSA) is 78.6 Å². The third-order valence-electron chi connectivity index (χ3n) is 4.52. The van der Waals surface area contributed by atoms with Crippen molar-refractivity contribution in [3.8, 4) is 5.75 Å². The van der Waals surface area contributed by atoms with Gasteiger partial charge in [-0.3, -0.25) is 4.79 Å². The second-order valence-electron chi connectivity index (χ2n) is 6.11. The number of aromatic hydroxyl groups is 1. The number of hydrogen-bond acceptors (Lipinski definition) is 4. The van der Waals surface area contributed by atoms with Crippen molar-refractivity contribution in [3.05, 3.63) is 57.8 Å². The number of aryl methyl sites for hydroxylation is 1. The van der Waals surface area contributed by atoms with E-state index in [4.69, 9.17) is 23.2 Å². The number of phenolic OH excluding ortho intramolecular Hbond substituents is 1. The molecule has 0 bridgehead atoms. The lowest BCUT2D eigenvalue weighted by Gasteiger charge is -2.28. The molecule has 138 valence electrons. The molecule has 1 aliphatic rings. The Morgan fingerprint density at radius 1 is 1.23 bits per heavy atom. The van der Waals surface area contributed by atoms with Crippen LogP contribution in [0.1, 0.15) is 31.4 Å². The van der Waals surface area contributed by atoms with Gasteiger partial charge < -0.3 is 19.7 Å². The monoisotopic (exact) mass is 395 g/mol. The third kappa shape index (κ3) is 3.39. The van der Waals surface area contributed by atoms with Gasteiger partial charge in [-0.1, -0.05) is 30.1 Å². The van der Waals surface area contributed by atoms with Gasteiger partial charge in [0.25, 0.3) is 5.91 Å². The van der Waals surface area contributed by atoms with Crippen molar-refractivity contribution in [1.29, 1.82) is 0 Å². The molecule has 0 saturated heterocycles. The van der Waals surface area contributed by atoms with Crippen LogP contribution in [-0.2, 0) is 11.3 Å². The molecule has 2 N–H and O–H groups in total. The highest BCUT2D eigenvalue weighted by Gasteiger charge is 2.40. The van der Waals surface area contributed by atoms with E-state index in [0.29, 0.717) is 42.1 Å². The Hall–Kier alpha value is -2.18. The van der Waals surface area contributed by atoms with Gasteiger partial charge in [0.1, 0.15) is 5.75 Å². The minimum atomic E-state index is -0.591. The summed E-state index contributed by atoms with van der Waals surface area (Å²) in [6.07, 6.45) is 6.37. The number of carbonyl (C=O) groups is 1. The van der Waals surface area contributed by atoms with Crippen LogP contribution in [0.5, 0.6) is 5.75 Å². The summed E-state index contributed by atoms with van der Waals surface area (Å²) in [5.41, 5.74) is 0.964. The molecule has 2 aromatic rings. The third-order valence-corrected chi connectivity index (χ3v) is 5.02. The maximum atomic E-state index is 12.6. The predicted molar refractivity (Wildman–Crippen MR) is 99.4 cm³/mol. The smallest absolute Gasteiger partial charge is 0.289 e. The van der Waals surface area contributed by atoms with Gasteiger partial charge >= 0.3 is 0 Å². The molecule has 6 nitrogen and oxygen atoms in total. The maximum Gasteiger partial charge on any atom is 0.289 e. The average Bonchev–Trinajstić information content (AvgIpc) is 3.20. The molecule has 1 atom stereocenters. The first-order valence-corrected chi connectivity index (χ1v) is 9.06. The van der Waals surface area contributed by atoms with Crippen LogP contribution in [0, 0.1) is 0 Å². The van der Waals surface area contributed by atoms with Crippen molar-refractivity contribution < 1.29 is 15.0 Å². The molecule has 3 rings (SSSR count). The van der Waals surface area contributed by atoms with Crippen molar-refractivity contribution in [2.75, 3.05) is 6.54 Å². The standard InChI is InChI=1S/C18H19Cl2N3O3/c1-2-12-15(13-8-11(19)9-14(20)16(13)24)23(18(26)17(12)25)6-3-5-22-7-4-21-10-22/h4,7-10,15,24-25H,2-3,5-6H2,1H3. The number of imidazole rings is 1. The Kier molecular flexibility index (Phi) is 5.44. The van der Waals surface area contributed by atoms with Crippen molar-refractivity contribution >= 4 is 29.1 Å². The van der Waals surface area contributed by atoms with Crippen molar-refractivity contribution in [2.24, 2.45) is 0 Å². The summed E-state index contributed by atoms with van der Waals surface area (Å²) in [7, 11) is 0. The largest absolute Gasteiger partial charge is 0.506 e. The number of nitrogens with zero attached hydrogens (tertiary/aromatic N) is 3. The lowest BCUT2D eigenvalue weighted by molar-refractivity contribution is -0.129. The number of hydrogen-bond donors (Lipinski definition) is 2. The molecule has 26 heavy (non-hydrogen) atoms. The highest BCUT2D eigenvalue weighted by Crippen LogP contribution is 2.45. The zero-order valence-electron chi connectivity index (χ0n) is 14.2. The summed E-state index contributed by atoms with van der Waals surface area (Å²) >= 11 is 12.2. The summed E-state index contributed by atoms with van der Waals surface area (Å²) < 4.78 is 1.91. The van der Waals surface area contributed by atoms with Gasteiger partial charge in [0.2, 0.25) is 0 Å². The molecule has 2 heterocycles. The Bertz CT molecular complexity index is 850. The van der Waals surface area contributed by atoms with Crippen molar-refractivity contribution in [1.82, 2.24) is 14.5 Å². The van der Waals surface area contributed by atoms with E-state index in [0.717, 1.165) is 0 Å². The summed E-state index contributed by atoms with van der Waals surface area (Å²) in [6.45, 7) is 2.93. The van der Waals surface area contributed by atoms with Gasteiger partial charge in [-0.25, -0.2) is 4.98 Å². The molecule has 1 aromatic heterocycles. The van der Waals surface area contributed by atoms with Crippen LogP contribution in [-0.4, -0.2) is 37.1 Å². The van der Waals surface area contributed by atoms with Gasteiger partial charge in [0.15, 0.2) is 5.76 Å². The van der Waals surface area contributed by atoms with Crippen LogP contribution in [0.15, 0.2) is 42.2 Å². The van der Waals surface area contributed by atoms with E-state index in [1.165, 1.54) is 6.07 Å². The molecule has 1 aliphatic heterocycles. The summed E-state index contributed by atoms with van der Waals surface area (Å²) in [5, 5.41) is 21.2. The van der Waals surface area contributed by atoms with E-state index in [-0.39, 0.29) is 16.5 Å². The van der Waals surface area contributed by atoms with E-state index in [1.807, 2.05) is 17.7 Å². The molecular formula is C18H19Cl2N3O3. The van der Waals surface area contributed by atoms with Crippen LogP contribution >= 0.6 is 23.2 Å². The van der Waals surface area contributed by atoms with Crippen LogP contribution < -0.4 is 0 Å². The van der Waals surface area contributed by atoms with Gasteiger partial charge in [-0.05, 0) is 25.0 Å². The summed E-state index contributed by atoms with van der Waals surface area (Å²) in [5.74, 6) is -0.849. The number of aliphatic hydroxyl groups is 1. The molecule has 0 spiro atoms. The van der Waals surface area contributed by atoms with E-state index in [9.17, 15) is 15.0 Å². The molecule has 0 aliphatic carbocycles. The second-order valence-corrected chi connectivity index (χ2v) is 6.95. The molecule has 0 fully saturated rings. The quantitative estimate of drug-likeness (QED) is 0.771. The minimum absolute atomic E-state index is 0.111. The summed E-state index contributed by atoms with van der Waals surface area (Å²) in [6, 6.07) is 2.43. The van der Waals surface area contributed by atoms with E-state index in [2.05, 4.69) is 4.98 Å². The normalized spacial score (nSPS) is 17.4. The van der Waals surface area contributed by atoms with Crippen LogP contribution in [0.2, 0.25) is 10.0 Å². The molecule has 1 unspecified atom stereocenters. The molecular weight excluding hydrogens is 377 g/mol. The number of aromatic nitrogens is 2. The lowest BCUT2D eigenvalue weighted by Crippen LogP contribution is -2.32. The van der Waals surface area contributed by atoms with Gasteiger partial charge in [-0.2, -0.15) is 0 Å². The predicted octanol–water partition coefficient (Wildman–Crippen LogP) is 4.09. The summed E-state index contributed by atoms with van der Waals surface area (Å²) in [4.78, 5) is 18.1. The number of amides is 1. The lowest BCUT2D eigenvalue weighted by atomic mass is 9.96. The van der Waals surface area contributed by atoms with Crippen molar-refractivity contribution in [2.45, 2.75) is 32.4 Å². The van der Waals surface area contributed by atoms with Crippen LogP contribution in [0.4, 0.5) is 0 Å². The zero-order chi connectivity index (χ0) is 18.8. The van der Waals surface area contributed by atoms with Crippen molar-refractivity contribution in [3.63, 3.8) is 0 Å². The Morgan fingerprint density at radius 3 is 2.65 bits per heavy atom. The first-order valence-electron chi connectivity index (χ1n) is 8.30. The Morgan fingerprint density at radius 2 is 2.00 bits per heavy atom. The molecule has 0 saturated carbocycles. The number of rotatable bonds is 6. The number of phenols is 1. The SMILES string of the molecule is CCC1=C(O)C(=O)N(CCCn2ccnc2)C1c1cc(Cl)cc(Cl)c1O. The van der Waals surface area contributed by atoms with Crippen LogP contribution in [0.3, 0.4) is 0 Å². The highest BCUT2D eigenvalue weighted by atomic mass is 35.5. The Balaban J connectivity index is 1.91. The highest BCUT2D eigenvalue weighted by molar-refractivity contribution is 6.35. The zero-order valence-corrected chi connectivity index (χ0v) is 15.7.